The van der Waals surface area contributed by atoms with Crippen LogP contribution in [0, 0.1) is 11.8 Å². The summed E-state index contributed by atoms with van der Waals surface area (Å²) in [5.74, 6) is 2.14. The van der Waals surface area contributed by atoms with Crippen LogP contribution in [-0.4, -0.2) is 56.7 Å². The second-order valence-corrected chi connectivity index (χ2v) is 6.94. The Morgan fingerprint density at radius 2 is 1.72 bits per heavy atom. The number of aliphatic hydroxyl groups excluding tert-OH is 1. The van der Waals surface area contributed by atoms with Crippen LogP contribution >= 0.6 is 24.8 Å². The number of halogens is 2. The number of nitrogens with zero attached hydrogens (tertiary/aromatic N) is 1. The van der Waals surface area contributed by atoms with E-state index in [0.717, 1.165) is 63.7 Å². The molecule has 0 radical (unpaired) electrons. The molecule has 25 heavy (non-hydrogen) atoms. The van der Waals surface area contributed by atoms with E-state index in [2.05, 4.69) is 16.3 Å². The minimum atomic E-state index is -0.367. The van der Waals surface area contributed by atoms with Gasteiger partial charge in [0.2, 0.25) is 0 Å². The van der Waals surface area contributed by atoms with Crippen molar-refractivity contribution in [1.82, 2.24) is 5.32 Å². The Labute approximate surface area is 161 Å². The minimum Gasteiger partial charge on any atom is -0.486 e. The van der Waals surface area contributed by atoms with Gasteiger partial charge in [0, 0.05) is 13.1 Å². The Kier molecular flexibility index (Phi) is 7.65. The molecule has 1 aromatic carbocycles. The highest BCUT2D eigenvalue weighted by Crippen LogP contribution is 2.37. The van der Waals surface area contributed by atoms with Crippen LogP contribution in [0.15, 0.2) is 24.3 Å². The van der Waals surface area contributed by atoms with Gasteiger partial charge in [0.05, 0.1) is 25.0 Å². The number of nitrogens with one attached hydrogen (secondary N) is 1. The lowest BCUT2D eigenvalue weighted by molar-refractivity contribution is -0.0230. The number of rotatable bonds is 3. The number of hydrogen-bond acceptors (Lipinski definition) is 5. The van der Waals surface area contributed by atoms with E-state index in [1.807, 2.05) is 18.2 Å². The summed E-state index contributed by atoms with van der Waals surface area (Å²) in [5, 5.41) is 13.9. The SMILES string of the molecule is Cl.Cl.O[C@@H]1C[C@H]2CNC[C@H]2C[C@H]1Oc1ccccc1N1CCOCC1. The molecule has 0 aromatic heterocycles. The van der Waals surface area contributed by atoms with E-state index < -0.39 is 0 Å². The van der Waals surface area contributed by atoms with Crippen LogP contribution in [0.2, 0.25) is 0 Å². The first-order valence-corrected chi connectivity index (χ1v) is 8.78. The lowest BCUT2D eigenvalue weighted by Crippen LogP contribution is -2.42. The number of anilines is 1. The Morgan fingerprint density at radius 3 is 2.48 bits per heavy atom. The summed E-state index contributed by atoms with van der Waals surface area (Å²) in [6, 6.07) is 8.19. The molecule has 0 amide bonds. The molecule has 1 aromatic rings. The summed E-state index contributed by atoms with van der Waals surface area (Å²) >= 11 is 0. The predicted octanol–water partition coefficient (Wildman–Crippen LogP) is 2.10. The average Bonchev–Trinajstić information content (AvgIpc) is 3.03. The third-order valence-corrected chi connectivity index (χ3v) is 5.48. The maximum absolute atomic E-state index is 10.5. The largest absolute Gasteiger partial charge is 0.486 e. The van der Waals surface area contributed by atoms with E-state index in [1.165, 1.54) is 0 Å². The van der Waals surface area contributed by atoms with Gasteiger partial charge in [-0.1, -0.05) is 12.1 Å². The second-order valence-electron chi connectivity index (χ2n) is 6.94. The first kappa shape index (κ1) is 20.6. The fourth-order valence-electron chi connectivity index (χ4n) is 4.17. The van der Waals surface area contributed by atoms with Crippen molar-refractivity contribution in [2.75, 3.05) is 44.3 Å². The topological polar surface area (TPSA) is 54.0 Å². The van der Waals surface area contributed by atoms with Crippen molar-refractivity contribution in [3.05, 3.63) is 24.3 Å². The second kappa shape index (κ2) is 9.28. The number of morpholine rings is 1. The fourth-order valence-corrected chi connectivity index (χ4v) is 4.17. The number of hydrogen-bond donors (Lipinski definition) is 2. The van der Waals surface area contributed by atoms with Gasteiger partial charge in [0.15, 0.2) is 0 Å². The van der Waals surface area contributed by atoms with Gasteiger partial charge < -0.3 is 24.8 Å². The van der Waals surface area contributed by atoms with E-state index in [0.29, 0.717) is 11.8 Å². The summed E-state index contributed by atoms with van der Waals surface area (Å²) in [6.45, 7) is 5.40. The van der Waals surface area contributed by atoms with Crippen LogP contribution in [0.25, 0.3) is 0 Å². The molecule has 4 rings (SSSR count). The zero-order valence-electron chi connectivity index (χ0n) is 14.3. The van der Waals surface area contributed by atoms with Gasteiger partial charge >= 0.3 is 0 Å². The van der Waals surface area contributed by atoms with E-state index >= 15 is 0 Å². The third kappa shape index (κ3) is 4.52. The Bertz CT molecular complexity index is 543. The van der Waals surface area contributed by atoms with Gasteiger partial charge in [-0.2, -0.15) is 0 Å². The van der Waals surface area contributed by atoms with Gasteiger partial charge in [-0.15, -0.1) is 24.8 Å². The molecule has 2 N–H and O–H groups in total. The van der Waals surface area contributed by atoms with E-state index in [-0.39, 0.29) is 37.0 Å². The summed E-state index contributed by atoms with van der Waals surface area (Å²) < 4.78 is 11.7. The first-order chi connectivity index (χ1) is 11.3. The van der Waals surface area contributed by atoms with Gasteiger partial charge in [0.1, 0.15) is 11.9 Å². The average molecular weight is 391 g/mol. The highest BCUT2D eigenvalue weighted by Gasteiger charge is 2.40. The minimum absolute atomic E-state index is 0. The lowest BCUT2D eigenvalue weighted by Gasteiger charge is -2.37. The zero-order valence-corrected chi connectivity index (χ0v) is 15.9. The van der Waals surface area contributed by atoms with Crippen molar-refractivity contribution >= 4 is 30.5 Å². The van der Waals surface area contributed by atoms with Crippen LogP contribution < -0.4 is 15.0 Å². The number of ether oxygens (including phenoxy) is 2. The van der Waals surface area contributed by atoms with E-state index in [4.69, 9.17) is 9.47 Å². The molecule has 5 nitrogen and oxygen atoms in total. The van der Waals surface area contributed by atoms with Crippen molar-refractivity contribution in [2.45, 2.75) is 25.0 Å². The van der Waals surface area contributed by atoms with E-state index in [1.54, 1.807) is 0 Å². The lowest BCUT2D eigenvalue weighted by atomic mass is 9.78. The van der Waals surface area contributed by atoms with E-state index in [9.17, 15) is 5.11 Å². The molecule has 1 saturated carbocycles. The number of para-hydroxylation sites is 2. The maximum Gasteiger partial charge on any atom is 0.143 e. The smallest absolute Gasteiger partial charge is 0.143 e. The third-order valence-electron chi connectivity index (χ3n) is 5.48. The molecule has 3 fully saturated rings. The van der Waals surface area contributed by atoms with Gasteiger partial charge in [-0.3, -0.25) is 0 Å². The van der Waals surface area contributed by atoms with Gasteiger partial charge in [-0.05, 0) is 49.9 Å². The van der Waals surface area contributed by atoms with Gasteiger partial charge in [-0.25, -0.2) is 0 Å². The monoisotopic (exact) mass is 390 g/mol. The van der Waals surface area contributed by atoms with Gasteiger partial charge in [0.25, 0.3) is 0 Å². The Hall–Kier alpha value is -0.720. The predicted molar refractivity (Wildman–Crippen MR) is 103 cm³/mol. The van der Waals surface area contributed by atoms with Crippen LogP contribution in [0.3, 0.4) is 0 Å². The van der Waals surface area contributed by atoms with Crippen molar-refractivity contribution in [1.29, 1.82) is 0 Å². The molecule has 2 heterocycles. The van der Waals surface area contributed by atoms with Crippen molar-refractivity contribution in [3.8, 4) is 5.75 Å². The standard InChI is InChI=1S/C18H26N2O3.2ClH/c21-16-9-13-11-19-12-14(13)10-18(16)23-17-4-2-1-3-15(17)20-5-7-22-8-6-20;;/h1-4,13-14,16,18-19,21H,5-12H2;2*1H/t13-,14+,16+,18+;;/m0../s1. The van der Waals surface area contributed by atoms with Crippen LogP contribution in [0.5, 0.6) is 5.75 Å². The Balaban J connectivity index is 0.00000113. The molecule has 0 spiro atoms. The fraction of sp³-hybridized carbons (Fsp3) is 0.667. The maximum atomic E-state index is 10.5. The molecule has 2 saturated heterocycles. The van der Waals surface area contributed by atoms with Crippen molar-refractivity contribution < 1.29 is 14.6 Å². The molecule has 142 valence electrons. The highest BCUT2D eigenvalue weighted by molar-refractivity contribution is 5.85. The number of benzene rings is 1. The first-order valence-electron chi connectivity index (χ1n) is 8.78. The molecular weight excluding hydrogens is 363 g/mol. The molecule has 4 atom stereocenters. The van der Waals surface area contributed by atoms with Crippen LogP contribution in [0.4, 0.5) is 5.69 Å². The Morgan fingerprint density at radius 1 is 1.04 bits per heavy atom. The summed E-state index contributed by atoms with van der Waals surface area (Å²) in [5.41, 5.74) is 1.12. The zero-order chi connectivity index (χ0) is 15.6. The summed E-state index contributed by atoms with van der Waals surface area (Å²) in [6.07, 6.45) is 1.32. The summed E-state index contributed by atoms with van der Waals surface area (Å²) in [7, 11) is 0. The molecule has 0 bridgehead atoms. The molecular formula is C18H28Cl2N2O3. The van der Waals surface area contributed by atoms with Crippen LogP contribution in [-0.2, 0) is 4.74 Å². The molecule has 0 unspecified atom stereocenters. The normalized spacial score (nSPS) is 31.5. The number of fused-ring (bicyclic) bond motifs is 1. The van der Waals surface area contributed by atoms with Crippen molar-refractivity contribution in [2.24, 2.45) is 11.8 Å². The summed E-state index contributed by atoms with van der Waals surface area (Å²) in [4.78, 5) is 2.31. The molecule has 7 heteroatoms. The molecule has 2 aliphatic heterocycles. The van der Waals surface area contributed by atoms with Crippen LogP contribution in [0.1, 0.15) is 12.8 Å². The van der Waals surface area contributed by atoms with Crippen molar-refractivity contribution in [3.63, 3.8) is 0 Å². The quantitative estimate of drug-likeness (QED) is 0.827. The number of aliphatic hydroxyl groups is 1. The molecule has 3 aliphatic rings. The highest BCUT2D eigenvalue weighted by atomic mass is 35.5. The molecule has 1 aliphatic carbocycles.